The van der Waals surface area contributed by atoms with Crippen molar-refractivity contribution in [2.45, 2.75) is 13.8 Å². The topological polar surface area (TPSA) is 76.4 Å². The summed E-state index contributed by atoms with van der Waals surface area (Å²) in [6.07, 6.45) is 0. The van der Waals surface area contributed by atoms with E-state index < -0.39 is 5.97 Å². The predicted octanol–water partition coefficient (Wildman–Crippen LogP) is 1.08. The maximum atomic E-state index is 11.6. The third-order valence-corrected chi connectivity index (χ3v) is 2.10. The number of aromatic nitrogens is 1. The number of anilines is 1. The van der Waals surface area contributed by atoms with E-state index in [0.29, 0.717) is 17.4 Å². The van der Waals surface area contributed by atoms with Crippen LogP contribution in [-0.2, 0) is 4.74 Å². The Morgan fingerprint density at radius 2 is 2.31 bits per heavy atom. The monoisotopic (exact) mass is 243 g/mol. The fourth-order valence-corrected chi connectivity index (χ4v) is 1.16. The Morgan fingerprint density at radius 3 is 2.88 bits per heavy atom. The van der Waals surface area contributed by atoms with Crippen LogP contribution in [0.15, 0.2) is 4.52 Å². The van der Waals surface area contributed by atoms with Crippen molar-refractivity contribution in [2.75, 3.05) is 19.0 Å². The second-order valence-corrected chi connectivity index (χ2v) is 3.30. The van der Waals surface area contributed by atoms with E-state index in [0.717, 1.165) is 0 Å². The predicted molar refractivity (Wildman–Crippen MR) is 62.5 cm³/mol. The summed E-state index contributed by atoms with van der Waals surface area (Å²) in [5, 5.41) is 9.43. The second kappa shape index (κ2) is 5.45. The molecule has 0 aliphatic carbocycles. The Kier molecular flexibility index (Phi) is 4.24. The van der Waals surface area contributed by atoms with Crippen molar-refractivity contribution >= 4 is 29.2 Å². The van der Waals surface area contributed by atoms with Gasteiger partial charge in [0.15, 0.2) is 5.11 Å². The molecule has 0 saturated heterocycles. The van der Waals surface area contributed by atoms with Gasteiger partial charge >= 0.3 is 5.97 Å². The van der Waals surface area contributed by atoms with Crippen LogP contribution in [0.2, 0.25) is 0 Å². The quantitative estimate of drug-likeness (QED) is 0.607. The van der Waals surface area contributed by atoms with Crippen LogP contribution in [0.4, 0.5) is 5.88 Å². The average Bonchev–Trinajstić information content (AvgIpc) is 2.60. The average molecular weight is 243 g/mol. The van der Waals surface area contributed by atoms with Gasteiger partial charge in [0.1, 0.15) is 5.56 Å². The number of rotatable bonds is 3. The maximum absolute atomic E-state index is 11.6. The Morgan fingerprint density at radius 1 is 1.62 bits per heavy atom. The van der Waals surface area contributed by atoms with E-state index in [1.54, 1.807) is 20.9 Å². The van der Waals surface area contributed by atoms with Crippen LogP contribution >= 0.6 is 12.2 Å². The molecular formula is C9H13N3O3S. The molecule has 1 aromatic rings. The van der Waals surface area contributed by atoms with Gasteiger partial charge in [-0.05, 0) is 26.1 Å². The fraction of sp³-hybridized carbons (Fsp3) is 0.444. The number of esters is 1. The maximum Gasteiger partial charge on any atom is 0.345 e. The highest BCUT2D eigenvalue weighted by Gasteiger charge is 2.22. The number of carbonyl (C=O) groups excluding carboxylic acids is 1. The van der Waals surface area contributed by atoms with Crippen molar-refractivity contribution in [3.8, 4) is 0 Å². The lowest BCUT2D eigenvalue weighted by Gasteiger charge is -2.05. The number of aryl methyl sites for hydroxylation is 1. The van der Waals surface area contributed by atoms with E-state index in [1.807, 2.05) is 0 Å². The van der Waals surface area contributed by atoms with E-state index in [9.17, 15) is 4.79 Å². The molecule has 2 N–H and O–H groups in total. The third kappa shape index (κ3) is 2.69. The summed E-state index contributed by atoms with van der Waals surface area (Å²) in [5.74, 6) is -0.294. The van der Waals surface area contributed by atoms with Crippen LogP contribution in [0.5, 0.6) is 0 Å². The van der Waals surface area contributed by atoms with E-state index in [2.05, 4.69) is 15.8 Å². The molecule has 0 atom stereocenters. The van der Waals surface area contributed by atoms with Crippen molar-refractivity contribution in [1.29, 1.82) is 0 Å². The molecule has 7 heteroatoms. The normalized spacial score (nSPS) is 9.69. The smallest absolute Gasteiger partial charge is 0.345 e. The van der Waals surface area contributed by atoms with E-state index in [-0.39, 0.29) is 11.4 Å². The minimum absolute atomic E-state index is 0.190. The van der Waals surface area contributed by atoms with Gasteiger partial charge < -0.3 is 19.9 Å². The Bertz CT molecular complexity index is 403. The molecule has 0 radical (unpaired) electrons. The van der Waals surface area contributed by atoms with Crippen LogP contribution in [0.25, 0.3) is 0 Å². The van der Waals surface area contributed by atoms with Crippen molar-refractivity contribution < 1.29 is 14.1 Å². The molecule has 0 aromatic carbocycles. The van der Waals surface area contributed by atoms with Gasteiger partial charge in [-0.3, -0.25) is 0 Å². The highest BCUT2D eigenvalue weighted by atomic mass is 32.1. The molecule has 0 aliphatic rings. The lowest BCUT2D eigenvalue weighted by molar-refractivity contribution is 0.0526. The third-order valence-electron chi connectivity index (χ3n) is 1.80. The lowest BCUT2D eigenvalue weighted by Crippen LogP contribution is -2.25. The molecule has 88 valence electrons. The first-order valence-corrected chi connectivity index (χ1v) is 5.13. The standard InChI is InChI=1S/C9H13N3O3S/c1-4-14-8(13)6-5(2)12-15-7(6)11-9(16)10-3/h4H2,1-3H3,(H2,10,11,16). The second-order valence-electron chi connectivity index (χ2n) is 2.90. The SMILES string of the molecule is CCOC(=O)c1c(C)noc1NC(=S)NC. The van der Waals surface area contributed by atoms with Crippen molar-refractivity contribution in [1.82, 2.24) is 10.5 Å². The molecule has 0 bridgehead atoms. The molecule has 1 aromatic heterocycles. The van der Waals surface area contributed by atoms with Gasteiger partial charge in [-0.1, -0.05) is 5.16 Å². The molecule has 16 heavy (non-hydrogen) atoms. The van der Waals surface area contributed by atoms with Crippen LogP contribution in [0.3, 0.4) is 0 Å². The minimum atomic E-state index is -0.484. The first-order chi connectivity index (χ1) is 7.60. The number of hydrogen-bond donors (Lipinski definition) is 2. The van der Waals surface area contributed by atoms with Gasteiger partial charge in [0.25, 0.3) is 0 Å². The number of nitrogens with zero attached hydrogens (tertiary/aromatic N) is 1. The number of carbonyl (C=O) groups is 1. The summed E-state index contributed by atoms with van der Waals surface area (Å²) in [5.41, 5.74) is 0.722. The Balaban J connectivity index is 2.93. The molecular weight excluding hydrogens is 230 g/mol. The van der Waals surface area contributed by atoms with Crippen LogP contribution in [0, 0.1) is 6.92 Å². The lowest BCUT2D eigenvalue weighted by atomic mass is 10.2. The zero-order chi connectivity index (χ0) is 12.1. The van der Waals surface area contributed by atoms with Gasteiger partial charge in [-0.25, -0.2) is 4.79 Å². The van der Waals surface area contributed by atoms with E-state index >= 15 is 0 Å². The Hall–Kier alpha value is -1.63. The van der Waals surface area contributed by atoms with Crippen molar-refractivity contribution in [2.24, 2.45) is 0 Å². The van der Waals surface area contributed by atoms with Crippen LogP contribution < -0.4 is 10.6 Å². The summed E-state index contributed by atoms with van der Waals surface area (Å²) in [7, 11) is 1.66. The molecule has 0 amide bonds. The summed E-state index contributed by atoms with van der Waals surface area (Å²) in [4.78, 5) is 11.6. The molecule has 0 saturated carbocycles. The van der Waals surface area contributed by atoms with Gasteiger partial charge in [0, 0.05) is 7.05 Å². The van der Waals surface area contributed by atoms with E-state index in [4.69, 9.17) is 21.5 Å². The number of thiocarbonyl (C=S) groups is 1. The first kappa shape index (κ1) is 12.4. The Labute approximate surface area is 98.3 Å². The molecule has 0 fully saturated rings. The summed E-state index contributed by atoms with van der Waals surface area (Å²) < 4.78 is 9.83. The first-order valence-electron chi connectivity index (χ1n) is 4.72. The van der Waals surface area contributed by atoms with Crippen LogP contribution in [-0.4, -0.2) is 29.9 Å². The molecule has 6 nitrogen and oxygen atoms in total. The van der Waals surface area contributed by atoms with E-state index in [1.165, 1.54) is 0 Å². The van der Waals surface area contributed by atoms with Gasteiger partial charge in [-0.2, -0.15) is 0 Å². The largest absolute Gasteiger partial charge is 0.462 e. The van der Waals surface area contributed by atoms with Crippen LogP contribution in [0.1, 0.15) is 23.0 Å². The molecule has 0 unspecified atom stereocenters. The number of ether oxygens (including phenoxy) is 1. The van der Waals surface area contributed by atoms with Gasteiger partial charge in [0.05, 0.1) is 12.3 Å². The van der Waals surface area contributed by atoms with Gasteiger partial charge in [-0.15, -0.1) is 0 Å². The summed E-state index contributed by atoms with van der Waals surface area (Å²) >= 11 is 4.90. The zero-order valence-corrected chi connectivity index (χ0v) is 10.1. The molecule has 0 spiro atoms. The summed E-state index contributed by atoms with van der Waals surface area (Å²) in [6.45, 7) is 3.68. The molecule has 1 heterocycles. The molecule has 1 rings (SSSR count). The highest BCUT2D eigenvalue weighted by Crippen LogP contribution is 2.20. The fourth-order valence-electron chi connectivity index (χ4n) is 1.06. The van der Waals surface area contributed by atoms with Crippen molar-refractivity contribution in [3.05, 3.63) is 11.3 Å². The summed E-state index contributed by atoms with van der Waals surface area (Å²) in [6, 6.07) is 0. The number of nitrogens with one attached hydrogen (secondary N) is 2. The minimum Gasteiger partial charge on any atom is -0.462 e. The molecule has 0 aliphatic heterocycles. The van der Waals surface area contributed by atoms with Gasteiger partial charge in [0.2, 0.25) is 5.88 Å². The van der Waals surface area contributed by atoms with Crippen molar-refractivity contribution in [3.63, 3.8) is 0 Å². The highest BCUT2D eigenvalue weighted by molar-refractivity contribution is 7.80. The zero-order valence-electron chi connectivity index (χ0n) is 9.29. The number of hydrogen-bond acceptors (Lipinski definition) is 5.